The molecule has 3 aromatic rings. The molecule has 3 heterocycles. The molecule has 0 bridgehead atoms. The summed E-state index contributed by atoms with van der Waals surface area (Å²) in [7, 11) is 1.95. The SMILES string of the molecule is C[C@H]([C@@H](C)NCc1cn(C)nc1-c1ccncc1)n1cccn1. The topological polar surface area (TPSA) is 60.6 Å². The van der Waals surface area contributed by atoms with Gasteiger partial charge in [-0.3, -0.25) is 14.3 Å². The summed E-state index contributed by atoms with van der Waals surface area (Å²) in [6, 6.07) is 6.50. The number of aryl methyl sites for hydroxylation is 1. The highest BCUT2D eigenvalue weighted by Gasteiger charge is 2.16. The number of pyridine rings is 1. The van der Waals surface area contributed by atoms with E-state index in [4.69, 9.17) is 0 Å². The summed E-state index contributed by atoms with van der Waals surface area (Å²) < 4.78 is 3.83. The Morgan fingerprint density at radius 3 is 2.65 bits per heavy atom. The van der Waals surface area contributed by atoms with Crippen molar-refractivity contribution < 1.29 is 0 Å². The third-order valence-electron chi connectivity index (χ3n) is 4.14. The van der Waals surface area contributed by atoms with Crippen LogP contribution in [0, 0.1) is 0 Å². The molecule has 6 nitrogen and oxygen atoms in total. The van der Waals surface area contributed by atoms with Crippen molar-refractivity contribution in [2.75, 3.05) is 0 Å². The third kappa shape index (κ3) is 3.48. The van der Waals surface area contributed by atoms with E-state index >= 15 is 0 Å². The van der Waals surface area contributed by atoms with Crippen molar-refractivity contribution in [2.24, 2.45) is 7.05 Å². The Balaban J connectivity index is 1.71. The van der Waals surface area contributed by atoms with Gasteiger partial charge in [-0.25, -0.2) is 0 Å². The van der Waals surface area contributed by atoms with E-state index in [1.165, 1.54) is 5.56 Å². The van der Waals surface area contributed by atoms with Crippen molar-refractivity contribution in [3.05, 3.63) is 54.7 Å². The van der Waals surface area contributed by atoms with Crippen LogP contribution in [0.2, 0.25) is 0 Å². The second-order valence-corrected chi connectivity index (χ2v) is 5.81. The Hall–Kier alpha value is -2.47. The minimum atomic E-state index is 0.283. The van der Waals surface area contributed by atoms with E-state index < -0.39 is 0 Å². The Morgan fingerprint density at radius 2 is 1.96 bits per heavy atom. The van der Waals surface area contributed by atoms with Crippen LogP contribution in [0.1, 0.15) is 25.5 Å². The maximum atomic E-state index is 4.58. The fourth-order valence-electron chi connectivity index (χ4n) is 2.61. The lowest BCUT2D eigenvalue weighted by atomic mass is 10.1. The highest BCUT2D eigenvalue weighted by molar-refractivity contribution is 5.61. The molecule has 0 aromatic carbocycles. The maximum Gasteiger partial charge on any atom is 0.0969 e. The molecular weight excluding hydrogens is 288 g/mol. The first kappa shape index (κ1) is 15.4. The zero-order valence-electron chi connectivity index (χ0n) is 13.7. The second-order valence-electron chi connectivity index (χ2n) is 5.81. The van der Waals surface area contributed by atoms with Gasteiger partial charge in [-0.05, 0) is 32.0 Å². The summed E-state index contributed by atoms with van der Waals surface area (Å²) in [6.45, 7) is 5.10. The molecule has 2 atom stereocenters. The quantitative estimate of drug-likeness (QED) is 0.759. The Bertz CT molecular complexity index is 732. The normalized spacial score (nSPS) is 13.9. The smallest absolute Gasteiger partial charge is 0.0969 e. The van der Waals surface area contributed by atoms with E-state index in [0.717, 1.165) is 17.8 Å². The van der Waals surface area contributed by atoms with E-state index in [2.05, 4.69) is 40.5 Å². The summed E-state index contributed by atoms with van der Waals surface area (Å²) in [5.41, 5.74) is 3.27. The summed E-state index contributed by atoms with van der Waals surface area (Å²) >= 11 is 0. The van der Waals surface area contributed by atoms with Crippen molar-refractivity contribution in [1.82, 2.24) is 29.9 Å². The molecule has 0 spiro atoms. The first-order valence-corrected chi connectivity index (χ1v) is 7.80. The summed E-state index contributed by atoms with van der Waals surface area (Å²) in [5.74, 6) is 0. The van der Waals surface area contributed by atoms with Gasteiger partial charge >= 0.3 is 0 Å². The van der Waals surface area contributed by atoms with E-state index in [1.54, 1.807) is 12.4 Å². The van der Waals surface area contributed by atoms with Gasteiger partial charge in [0.2, 0.25) is 0 Å². The largest absolute Gasteiger partial charge is 0.308 e. The van der Waals surface area contributed by atoms with Crippen molar-refractivity contribution >= 4 is 0 Å². The fourth-order valence-corrected chi connectivity index (χ4v) is 2.61. The lowest BCUT2D eigenvalue weighted by Gasteiger charge is -2.21. The summed E-state index contributed by atoms with van der Waals surface area (Å²) in [4.78, 5) is 4.07. The highest BCUT2D eigenvalue weighted by Crippen LogP contribution is 2.21. The minimum absolute atomic E-state index is 0.283. The standard InChI is InChI=1S/C17H22N6/c1-13(14(2)23-10-4-7-20-23)19-11-16-12-22(3)21-17(16)15-5-8-18-9-6-15/h4-10,12-14,19H,11H2,1-3H3/t13-,14-/m1/s1. The molecule has 3 rings (SSSR count). The molecule has 3 aromatic heterocycles. The Kier molecular flexibility index (Phi) is 4.52. The molecule has 23 heavy (non-hydrogen) atoms. The minimum Gasteiger partial charge on any atom is -0.308 e. The number of hydrogen-bond acceptors (Lipinski definition) is 4. The molecule has 0 saturated heterocycles. The van der Waals surface area contributed by atoms with Gasteiger partial charge in [0.15, 0.2) is 0 Å². The number of nitrogens with zero attached hydrogens (tertiary/aromatic N) is 5. The zero-order valence-corrected chi connectivity index (χ0v) is 13.7. The van der Waals surface area contributed by atoms with Crippen molar-refractivity contribution in [2.45, 2.75) is 32.5 Å². The lowest BCUT2D eigenvalue weighted by molar-refractivity contribution is 0.365. The molecule has 0 aliphatic heterocycles. The molecule has 0 aliphatic carbocycles. The Morgan fingerprint density at radius 1 is 1.17 bits per heavy atom. The number of hydrogen-bond donors (Lipinski definition) is 1. The summed E-state index contributed by atoms with van der Waals surface area (Å²) in [6.07, 6.45) is 9.46. The predicted molar refractivity (Wildman–Crippen MR) is 89.7 cm³/mol. The second kappa shape index (κ2) is 6.75. The van der Waals surface area contributed by atoms with Crippen LogP contribution in [0.3, 0.4) is 0 Å². The number of rotatable bonds is 6. The zero-order chi connectivity index (χ0) is 16.2. The molecule has 0 unspecified atom stereocenters. The molecule has 1 N–H and O–H groups in total. The van der Waals surface area contributed by atoms with Gasteiger partial charge in [-0.2, -0.15) is 10.2 Å². The van der Waals surface area contributed by atoms with Gasteiger partial charge in [0, 0.05) is 61.7 Å². The Labute approximate surface area is 136 Å². The first-order chi connectivity index (χ1) is 11.1. The van der Waals surface area contributed by atoms with Crippen LogP contribution in [0.5, 0.6) is 0 Å². The predicted octanol–water partition coefficient (Wildman–Crippen LogP) is 2.42. The molecule has 0 aliphatic rings. The third-order valence-corrected chi connectivity index (χ3v) is 4.14. The van der Waals surface area contributed by atoms with Crippen LogP contribution in [-0.2, 0) is 13.6 Å². The highest BCUT2D eigenvalue weighted by atomic mass is 15.3. The van der Waals surface area contributed by atoms with Gasteiger partial charge in [0.05, 0.1) is 11.7 Å². The number of nitrogens with one attached hydrogen (secondary N) is 1. The molecule has 0 amide bonds. The van der Waals surface area contributed by atoms with E-state index in [1.807, 2.05) is 47.0 Å². The number of aromatic nitrogens is 5. The van der Waals surface area contributed by atoms with Gasteiger partial charge in [0.25, 0.3) is 0 Å². The van der Waals surface area contributed by atoms with Gasteiger partial charge in [-0.15, -0.1) is 0 Å². The van der Waals surface area contributed by atoms with E-state index in [0.29, 0.717) is 6.04 Å². The van der Waals surface area contributed by atoms with Crippen molar-refractivity contribution in [1.29, 1.82) is 0 Å². The van der Waals surface area contributed by atoms with Crippen LogP contribution in [0.4, 0.5) is 0 Å². The molecule has 0 saturated carbocycles. The molecule has 0 radical (unpaired) electrons. The first-order valence-electron chi connectivity index (χ1n) is 7.80. The molecule has 120 valence electrons. The average Bonchev–Trinajstić information content (AvgIpc) is 3.22. The monoisotopic (exact) mass is 310 g/mol. The fraction of sp³-hybridized carbons (Fsp3) is 0.353. The molecule has 0 fully saturated rings. The average molecular weight is 310 g/mol. The van der Waals surface area contributed by atoms with Crippen LogP contribution in [-0.4, -0.2) is 30.6 Å². The molecule has 6 heteroatoms. The van der Waals surface area contributed by atoms with E-state index in [-0.39, 0.29) is 6.04 Å². The van der Waals surface area contributed by atoms with E-state index in [9.17, 15) is 0 Å². The van der Waals surface area contributed by atoms with Gasteiger partial charge in [0.1, 0.15) is 0 Å². The molecular formula is C17H22N6. The maximum absolute atomic E-state index is 4.58. The van der Waals surface area contributed by atoms with Crippen LogP contribution >= 0.6 is 0 Å². The van der Waals surface area contributed by atoms with Gasteiger partial charge in [-0.1, -0.05) is 0 Å². The van der Waals surface area contributed by atoms with Crippen LogP contribution in [0.15, 0.2) is 49.2 Å². The lowest BCUT2D eigenvalue weighted by Crippen LogP contribution is -2.33. The van der Waals surface area contributed by atoms with Gasteiger partial charge < -0.3 is 5.32 Å². The van der Waals surface area contributed by atoms with Crippen molar-refractivity contribution in [3.8, 4) is 11.3 Å². The van der Waals surface area contributed by atoms with Crippen LogP contribution < -0.4 is 5.32 Å². The van der Waals surface area contributed by atoms with Crippen molar-refractivity contribution in [3.63, 3.8) is 0 Å². The summed E-state index contributed by atoms with van der Waals surface area (Å²) in [5, 5.41) is 12.5. The van der Waals surface area contributed by atoms with Crippen LogP contribution in [0.25, 0.3) is 11.3 Å².